The molecule has 1 aromatic carbocycles. The molecule has 13 heavy (non-hydrogen) atoms. The van der Waals surface area contributed by atoms with Crippen LogP contribution in [0.25, 0.3) is 0 Å². The molecule has 0 heterocycles. The van der Waals surface area contributed by atoms with Gasteiger partial charge in [-0.2, -0.15) is 0 Å². The maximum Gasteiger partial charge on any atom is 1.00 e. The Balaban J connectivity index is 0. The standard InChI is InChI=1S/C10H13P.2K/c1-3-8-5-6-9(4-2)10(11)7-8;;/h5-7H,3-4H2,1-2H3;;/q-2;2*+1. The fourth-order valence-corrected chi connectivity index (χ4v) is 1.53. The van der Waals surface area contributed by atoms with E-state index in [4.69, 9.17) is 0 Å². The first-order valence-corrected chi connectivity index (χ1v) is 4.53. The van der Waals surface area contributed by atoms with E-state index in [1.165, 1.54) is 11.1 Å². The van der Waals surface area contributed by atoms with Crippen LogP contribution in [-0.2, 0) is 12.8 Å². The molecule has 0 radical (unpaired) electrons. The topological polar surface area (TPSA) is 0 Å². The van der Waals surface area contributed by atoms with E-state index in [1.54, 1.807) is 0 Å². The Morgan fingerprint density at radius 1 is 1.08 bits per heavy atom. The van der Waals surface area contributed by atoms with Crippen molar-refractivity contribution in [2.75, 3.05) is 0 Å². The van der Waals surface area contributed by atoms with Crippen molar-refractivity contribution < 1.29 is 103 Å². The average molecular weight is 242 g/mol. The number of hydrogen-bond acceptors (Lipinski definition) is 0. The van der Waals surface area contributed by atoms with Gasteiger partial charge in [0.1, 0.15) is 0 Å². The Morgan fingerprint density at radius 2 is 1.69 bits per heavy atom. The summed E-state index contributed by atoms with van der Waals surface area (Å²) in [6.07, 6.45) is 2.17. The Kier molecular flexibility index (Phi) is 14.2. The van der Waals surface area contributed by atoms with Crippen molar-refractivity contribution >= 4 is 14.5 Å². The Bertz CT molecular complexity index is 249. The summed E-state index contributed by atoms with van der Waals surface area (Å²) in [5.41, 5.74) is 2.71. The summed E-state index contributed by atoms with van der Waals surface area (Å²) in [5, 5.41) is 1.13. The quantitative estimate of drug-likeness (QED) is 0.380. The van der Waals surface area contributed by atoms with Crippen LogP contribution < -0.4 is 108 Å². The summed E-state index contributed by atoms with van der Waals surface area (Å²) in [6.45, 7) is 4.31. The molecule has 0 saturated carbocycles. The number of rotatable bonds is 2. The Morgan fingerprint density at radius 3 is 2.08 bits per heavy atom. The van der Waals surface area contributed by atoms with Crippen molar-refractivity contribution in [2.24, 2.45) is 0 Å². The second-order valence-corrected chi connectivity index (χ2v) is 3.15. The van der Waals surface area contributed by atoms with E-state index in [2.05, 4.69) is 41.3 Å². The minimum absolute atomic E-state index is 0. The zero-order valence-corrected chi connectivity index (χ0v) is 16.2. The Hall–Kier alpha value is 2.92. The summed E-state index contributed by atoms with van der Waals surface area (Å²) >= 11 is 0. The molecular formula is C10H13K2P. The van der Waals surface area contributed by atoms with E-state index >= 15 is 0 Å². The summed E-state index contributed by atoms with van der Waals surface area (Å²) in [4.78, 5) is 0. The van der Waals surface area contributed by atoms with Crippen LogP contribution in [-0.4, -0.2) is 0 Å². The minimum atomic E-state index is 0. The molecule has 0 aliphatic rings. The van der Waals surface area contributed by atoms with Gasteiger partial charge in [0.25, 0.3) is 0 Å². The third-order valence-electron chi connectivity index (χ3n) is 1.94. The number of benzene rings is 1. The van der Waals surface area contributed by atoms with E-state index in [0.717, 1.165) is 18.1 Å². The molecule has 0 nitrogen and oxygen atoms in total. The average Bonchev–Trinajstić information content (AvgIpc) is 2.04. The van der Waals surface area contributed by atoms with Crippen molar-refractivity contribution in [1.29, 1.82) is 0 Å². The van der Waals surface area contributed by atoms with Crippen molar-refractivity contribution in [3.63, 3.8) is 0 Å². The van der Waals surface area contributed by atoms with Gasteiger partial charge in [-0.3, -0.25) is 0 Å². The molecule has 0 N–H and O–H groups in total. The number of aryl methyl sites for hydroxylation is 2. The van der Waals surface area contributed by atoms with Gasteiger partial charge in [-0.1, -0.05) is 31.5 Å². The molecule has 0 spiro atoms. The molecule has 0 aliphatic heterocycles. The number of hydrogen-bond donors (Lipinski definition) is 0. The van der Waals surface area contributed by atoms with E-state index in [1.807, 2.05) is 0 Å². The van der Waals surface area contributed by atoms with Crippen LogP contribution in [0, 0.1) is 0 Å². The van der Waals surface area contributed by atoms with Crippen LogP contribution in [0.2, 0.25) is 0 Å². The van der Waals surface area contributed by atoms with Gasteiger partial charge >= 0.3 is 103 Å². The minimum Gasteiger partial charge on any atom is -1.45 e. The van der Waals surface area contributed by atoms with E-state index in [9.17, 15) is 0 Å². The summed E-state index contributed by atoms with van der Waals surface area (Å²) < 4.78 is 0. The zero-order chi connectivity index (χ0) is 8.27. The van der Waals surface area contributed by atoms with Crippen molar-refractivity contribution in [3.8, 4) is 0 Å². The summed E-state index contributed by atoms with van der Waals surface area (Å²) in [7, 11) is 4.40. The maximum absolute atomic E-state index is 4.40. The molecule has 0 atom stereocenters. The molecule has 0 aromatic heterocycles. The van der Waals surface area contributed by atoms with Crippen LogP contribution in [0.15, 0.2) is 18.2 Å². The molecule has 1 rings (SSSR count). The van der Waals surface area contributed by atoms with E-state index in [-0.39, 0.29) is 103 Å². The molecule has 0 amide bonds. The van der Waals surface area contributed by atoms with Gasteiger partial charge in [-0.25, -0.2) is 0 Å². The monoisotopic (exact) mass is 242 g/mol. The molecule has 60 valence electrons. The molecule has 0 saturated heterocycles. The van der Waals surface area contributed by atoms with Crippen molar-refractivity contribution in [3.05, 3.63) is 29.3 Å². The third-order valence-corrected chi connectivity index (χ3v) is 2.36. The first-order chi connectivity index (χ1) is 5.27. The molecule has 3 heteroatoms. The first kappa shape index (κ1) is 18.3. The van der Waals surface area contributed by atoms with Crippen molar-refractivity contribution in [2.45, 2.75) is 26.7 Å². The molecule has 0 fully saturated rings. The SMILES string of the molecule is CCc1ccc(CC)c([P-2])c1.[K+].[K+]. The molecular weight excluding hydrogens is 229 g/mol. The molecule has 1 aromatic rings. The predicted octanol–water partition coefficient (Wildman–Crippen LogP) is -3.14. The first-order valence-electron chi connectivity index (χ1n) is 4.08. The second-order valence-electron chi connectivity index (χ2n) is 2.67. The zero-order valence-electron chi connectivity index (χ0n) is 9.09. The van der Waals surface area contributed by atoms with Gasteiger partial charge < -0.3 is 14.5 Å². The van der Waals surface area contributed by atoms with E-state index in [0.29, 0.717) is 0 Å². The van der Waals surface area contributed by atoms with Crippen LogP contribution in [0.4, 0.5) is 0 Å². The third kappa shape index (κ3) is 6.28. The fraction of sp³-hybridized carbons (Fsp3) is 0.400. The normalized spacial score (nSPS) is 8.54. The van der Waals surface area contributed by atoms with Crippen LogP contribution in [0.5, 0.6) is 0 Å². The smallest absolute Gasteiger partial charge is 1.00 e. The summed E-state index contributed by atoms with van der Waals surface area (Å²) in [6, 6.07) is 6.50. The van der Waals surface area contributed by atoms with E-state index < -0.39 is 0 Å². The van der Waals surface area contributed by atoms with Crippen molar-refractivity contribution in [1.82, 2.24) is 0 Å². The molecule has 0 bridgehead atoms. The van der Waals surface area contributed by atoms with Gasteiger partial charge in [0.15, 0.2) is 0 Å². The van der Waals surface area contributed by atoms with Gasteiger partial charge in [0.05, 0.1) is 0 Å². The van der Waals surface area contributed by atoms with Crippen LogP contribution in [0.3, 0.4) is 0 Å². The van der Waals surface area contributed by atoms with Gasteiger partial charge in [0.2, 0.25) is 0 Å². The summed E-state index contributed by atoms with van der Waals surface area (Å²) in [5.74, 6) is 0. The largest absolute Gasteiger partial charge is 1.45 e. The Labute approximate surface area is 169 Å². The predicted molar refractivity (Wildman–Crippen MR) is 51.8 cm³/mol. The second kappa shape index (κ2) is 10.1. The van der Waals surface area contributed by atoms with Crippen LogP contribution >= 0.6 is 9.24 Å². The van der Waals surface area contributed by atoms with Gasteiger partial charge in [-0.05, 0) is 12.8 Å². The molecule has 0 unspecified atom stereocenters. The maximum atomic E-state index is 4.40. The van der Waals surface area contributed by atoms with Gasteiger partial charge in [0, 0.05) is 0 Å². The van der Waals surface area contributed by atoms with Gasteiger partial charge in [-0.15, -0.1) is 11.6 Å². The fourth-order valence-electron chi connectivity index (χ4n) is 1.13. The molecule has 0 aliphatic carbocycles. The van der Waals surface area contributed by atoms with Crippen LogP contribution in [0.1, 0.15) is 25.0 Å².